The quantitative estimate of drug-likeness (QED) is 0.0386. The van der Waals surface area contributed by atoms with Gasteiger partial charge >= 0.3 is 0 Å². The van der Waals surface area contributed by atoms with Crippen LogP contribution in [0.2, 0.25) is 0 Å². The molecule has 1 unspecified atom stereocenters. The van der Waals surface area contributed by atoms with Crippen molar-refractivity contribution in [3.8, 4) is 0 Å². The number of carbonyl (C=O) groups excluding carboxylic acids is 6. The number of likely N-dealkylation sites (tertiary alicyclic amines) is 1. The van der Waals surface area contributed by atoms with Crippen molar-refractivity contribution in [3.05, 3.63) is 94.6 Å². The molecule has 4 atom stereocenters. The van der Waals surface area contributed by atoms with Crippen molar-refractivity contribution in [1.29, 1.82) is 0 Å². The first-order valence-electron chi connectivity index (χ1n) is 27.2. The summed E-state index contributed by atoms with van der Waals surface area (Å²) in [4.78, 5) is 79.2. The summed E-state index contributed by atoms with van der Waals surface area (Å²) >= 11 is 0. The van der Waals surface area contributed by atoms with Crippen molar-refractivity contribution in [1.82, 2.24) is 35.1 Å². The number of amides is 6. The van der Waals surface area contributed by atoms with Gasteiger partial charge in [-0.15, -0.1) is 0 Å². The van der Waals surface area contributed by atoms with Crippen LogP contribution < -0.4 is 16.0 Å². The van der Waals surface area contributed by atoms with E-state index < -0.39 is 52.8 Å². The number of halogens is 2. The molecule has 2 saturated heterocycles. The van der Waals surface area contributed by atoms with Crippen LogP contribution in [0.25, 0.3) is 0 Å². The van der Waals surface area contributed by atoms with Crippen LogP contribution in [0.4, 0.5) is 20.2 Å². The standard InChI is InChI=1S/C55H69F2N9O14/c1-54-31-42-40(30-44(54)55(54,56)57)48(63-62-42)51(70)60-38-32-59-65(35-38)49(36-6-3-2-4-7-36)37-33-64(34-37)46(68)12-14-73-16-18-75-20-22-77-24-26-79-28-29-80-27-25-78-23-21-76-19-17-74-15-13-58-41-9-5-8-39-47(41)53(72)66(52(39)71)43-10-11-45(67)61-50(43)69/h2-9,32,35,37,43-44,49,58H,10-31,33-34H2,1H3,(H,60,70)(H,62,63)(H,61,67,69)/t43?,44-,49+,54+/m0/s1. The summed E-state index contributed by atoms with van der Waals surface area (Å²) in [7, 11) is 0. The highest BCUT2D eigenvalue weighted by atomic mass is 19.3. The van der Waals surface area contributed by atoms with Crippen LogP contribution in [0.15, 0.2) is 60.9 Å². The van der Waals surface area contributed by atoms with E-state index in [1.165, 1.54) is 0 Å². The molecule has 432 valence electrons. The number of nitrogens with zero attached hydrogens (tertiary/aromatic N) is 5. The predicted molar refractivity (Wildman–Crippen MR) is 280 cm³/mol. The first-order chi connectivity index (χ1) is 38.9. The van der Waals surface area contributed by atoms with Gasteiger partial charge in [-0.3, -0.25) is 48.8 Å². The second-order valence-corrected chi connectivity index (χ2v) is 20.3. The fraction of sp³-hybridized carbons (Fsp3) is 0.564. The molecule has 25 heteroatoms. The molecule has 5 aliphatic rings. The molecule has 0 spiro atoms. The number of hydrogen-bond donors (Lipinski definition) is 4. The highest BCUT2D eigenvalue weighted by Gasteiger charge is 2.78. The average Bonchev–Trinajstić information content (AvgIpc) is 3.99. The third-order valence-corrected chi connectivity index (χ3v) is 15.1. The van der Waals surface area contributed by atoms with Crippen LogP contribution in [-0.4, -0.2) is 203 Å². The smallest absolute Gasteiger partial charge is 0.276 e. The number of piperidine rings is 1. The van der Waals surface area contributed by atoms with E-state index in [0.29, 0.717) is 141 Å². The number of alkyl halides is 2. The summed E-state index contributed by atoms with van der Waals surface area (Å²) in [5.41, 5.74) is 2.49. The molecule has 80 heavy (non-hydrogen) atoms. The minimum atomic E-state index is -2.76. The number of anilines is 2. The van der Waals surface area contributed by atoms with E-state index in [4.69, 9.17) is 37.9 Å². The maximum atomic E-state index is 14.5. The zero-order valence-electron chi connectivity index (χ0n) is 44.8. The molecule has 3 aliphatic heterocycles. The molecule has 6 amide bonds. The fourth-order valence-corrected chi connectivity index (χ4v) is 10.6. The van der Waals surface area contributed by atoms with E-state index in [2.05, 4.69) is 31.2 Å². The molecule has 4 aromatic rings. The maximum Gasteiger partial charge on any atom is 0.276 e. The summed E-state index contributed by atoms with van der Waals surface area (Å²) in [6.07, 6.45) is 3.94. The highest BCUT2D eigenvalue weighted by molar-refractivity contribution is 6.25. The topological polar surface area (TPSA) is 265 Å². The molecule has 9 rings (SSSR count). The van der Waals surface area contributed by atoms with Gasteiger partial charge in [-0.1, -0.05) is 43.3 Å². The Morgan fingerprint density at radius 3 is 1.98 bits per heavy atom. The monoisotopic (exact) mass is 1120 g/mol. The van der Waals surface area contributed by atoms with E-state index in [1.807, 2.05) is 30.3 Å². The van der Waals surface area contributed by atoms with Gasteiger partial charge < -0.3 is 53.4 Å². The van der Waals surface area contributed by atoms with Gasteiger partial charge in [-0.2, -0.15) is 10.2 Å². The highest BCUT2D eigenvalue weighted by Crippen LogP contribution is 2.70. The molecule has 1 saturated carbocycles. The second-order valence-electron chi connectivity index (χ2n) is 20.3. The number of aromatic nitrogens is 4. The molecule has 3 fully saturated rings. The number of aromatic amines is 1. The Labute approximate surface area is 460 Å². The number of benzene rings is 2. The Balaban J connectivity index is 0.524. The molecular formula is C55H69F2N9O14. The van der Waals surface area contributed by atoms with Crippen molar-refractivity contribution in [2.75, 3.05) is 136 Å². The van der Waals surface area contributed by atoms with Crippen molar-refractivity contribution >= 4 is 46.8 Å². The van der Waals surface area contributed by atoms with Crippen molar-refractivity contribution in [2.24, 2.45) is 17.3 Å². The molecular weight excluding hydrogens is 1050 g/mol. The fourth-order valence-electron chi connectivity index (χ4n) is 10.6. The minimum absolute atomic E-state index is 0.00530. The van der Waals surface area contributed by atoms with Crippen LogP contribution in [-0.2, 0) is 65.1 Å². The van der Waals surface area contributed by atoms with Gasteiger partial charge in [-0.05, 0) is 30.5 Å². The van der Waals surface area contributed by atoms with Crippen LogP contribution in [0, 0.1) is 17.3 Å². The zero-order chi connectivity index (χ0) is 56.1. The number of nitrogens with one attached hydrogen (secondary N) is 4. The number of rotatable bonds is 34. The van der Waals surface area contributed by atoms with E-state index in [-0.39, 0.29) is 73.4 Å². The summed E-state index contributed by atoms with van der Waals surface area (Å²) in [5.74, 6) is -6.19. The van der Waals surface area contributed by atoms with Gasteiger partial charge in [0.1, 0.15) is 6.04 Å². The van der Waals surface area contributed by atoms with Gasteiger partial charge in [0.2, 0.25) is 17.7 Å². The molecule has 2 aromatic carbocycles. The Morgan fingerprint density at radius 2 is 1.36 bits per heavy atom. The normalized spacial score (nSPS) is 20.5. The van der Waals surface area contributed by atoms with E-state index >= 15 is 0 Å². The van der Waals surface area contributed by atoms with Gasteiger partial charge in [0.25, 0.3) is 23.6 Å². The number of fused-ring (bicyclic) bond motifs is 3. The Morgan fingerprint density at radius 1 is 0.762 bits per heavy atom. The Bertz CT molecular complexity index is 2790. The number of hydrogen-bond acceptors (Lipinski definition) is 17. The number of ether oxygens (including phenoxy) is 8. The molecule has 4 N–H and O–H groups in total. The minimum Gasteiger partial charge on any atom is -0.382 e. The molecule has 0 radical (unpaired) electrons. The predicted octanol–water partition coefficient (Wildman–Crippen LogP) is 3.31. The largest absolute Gasteiger partial charge is 0.382 e. The van der Waals surface area contributed by atoms with E-state index in [1.54, 1.807) is 47.1 Å². The van der Waals surface area contributed by atoms with Gasteiger partial charge in [-0.25, -0.2) is 8.78 Å². The summed E-state index contributed by atoms with van der Waals surface area (Å²) in [6, 6.07) is 13.5. The van der Waals surface area contributed by atoms with Crippen molar-refractivity contribution in [2.45, 2.75) is 57.0 Å². The number of imide groups is 2. The van der Waals surface area contributed by atoms with E-state index in [9.17, 15) is 37.5 Å². The lowest BCUT2D eigenvalue weighted by molar-refractivity contribution is -0.140. The number of carbonyl (C=O) groups is 6. The maximum absolute atomic E-state index is 14.5. The Hall–Kier alpha value is -6.58. The molecule has 2 aliphatic carbocycles. The van der Waals surface area contributed by atoms with Crippen LogP contribution >= 0.6 is 0 Å². The van der Waals surface area contributed by atoms with Crippen molar-refractivity contribution < 1.29 is 75.4 Å². The van der Waals surface area contributed by atoms with Gasteiger partial charge in [0.05, 0.1) is 141 Å². The summed E-state index contributed by atoms with van der Waals surface area (Å²) in [6.45, 7) is 9.09. The Kier molecular flexibility index (Phi) is 19.8. The average molecular weight is 1120 g/mol. The number of H-pyrrole nitrogens is 1. The van der Waals surface area contributed by atoms with E-state index in [0.717, 1.165) is 10.5 Å². The lowest BCUT2D eigenvalue weighted by atomic mass is 9.86. The third-order valence-electron chi connectivity index (χ3n) is 15.1. The van der Waals surface area contributed by atoms with Crippen molar-refractivity contribution in [3.63, 3.8) is 0 Å². The molecule has 0 bridgehead atoms. The molecule has 5 heterocycles. The van der Waals surface area contributed by atoms with Crippen LogP contribution in [0.1, 0.15) is 80.3 Å². The lowest BCUT2D eigenvalue weighted by Crippen LogP contribution is -2.54. The SMILES string of the molecule is C[C@@]12Cc3[nH]nc(C(=O)Nc4cnn([C@H](c5ccccc5)C5CN(C(=O)CCOCCOCCOCCOCCOCCOCCOCCOCCNc6cccc7c6C(=O)N(C6CCC(=O)NC6=O)C7=O)C5)c4)c3C[C@@H]1C2(F)F. The van der Waals surface area contributed by atoms with Crippen LogP contribution in [0.3, 0.4) is 0 Å². The second kappa shape index (κ2) is 27.3. The first kappa shape index (κ1) is 58.1. The summed E-state index contributed by atoms with van der Waals surface area (Å²) in [5, 5.41) is 19.8. The third kappa shape index (κ3) is 13.8. The zero-order valence-corrected chi connectivity index (χ0v) is 44.8. The van der Waals surface area contributed by atoms with Gasteiger partial charge in [0, 0.05) is 72.9 Å². The van der Waals surface area contributed by atoms with Crippen LogP contribution in [0.5, 0.6) is 0 Å². The summed E-state index contributed by atoms with van der Waals surface area (Å²) < 4.78 is 75.3. The first-order valence-corrected chi connectivity index (χ1v) is 27.2. The van der Waals surface area contributed by atoms with Gasteiger partial charge in [0.15, 0.2) is 5.69 Å². The molecule has 23 nitrogen and oxygen atoms in total. The lowest BCUT2D eigenvalue weighted by Gasteiger charge is -2.43. The molecule has 2 aromatic heterocycles.